The summed E-state index contributed by atoms with van der Waals surface area (Å²) in [7, 11) is 1.28. The van der Waals surface area contributed by atoms with Gasteiger partial charge in [-0.3, -0.25) is 0 Å². The number of amides is 1. The molecular weight excluding hydrogens is 306 g/mol. The van der Waals surface area contributed by atoms with Gasteiger partial charge < -0.3 is 14.8 Å². The van der Waals surface area contributed by atoms with Crippen LogP contribution in [0.3, 0.4) is 0 Å². The van der Waals surface area contributed by atoms with E-state index in [9.17, 15) is 9.59 Å². The molecule has 0 aliphatic rings. The van der Waals surface area contributed by atoms with Crippen molar-refractivity contribution in [1.29, 1.82) is 0 Å². The molecule has 5 nitrogen and oxygen atoms in total. The van der Waals surface area contributed by atoms with Gasteiger partial charge in [0.25, 0.3) is 0 Å². The van der Waals surface area contributed by atoms with Crippen molar-refractivity contribution in [2.45, 2.75) is 91.5 Å². The summed E-state index contributed by atoms with van der Waals surface area (Å²) in [5.41, 5.74) is -0.427. The number of carbonyl (C=O) groups is 2. The molecule has 0 heterocycles. The lowest BCUT2D eigenvalue weighted by atomic mass is 9.87. The Hall–Kier alpha value is -1.26. The van der Waals surface area contributed by atoms with Crippen molar-refractivity contribution in [3.63, 3.8) is 0 Å². The maximum atomic E-state index is 12.2. The van der Waals surface area contributed by atoms with Gasteiger partial charge in [0, 0.05) is 0 Å². The molecule has 142 valence electrons. The van der Waals surface area contributed by atoms with Crippen molar-refractivity contribution < 1.29 is 19.1 Å². The highest BCUT2D eigenvalue weighted by Crippen LogP contribution is 2.20. The third kappa shape index (κ3) is 11.3. The van der Waals surface area contributed by atoms with Crippen LogP contribution in [0.4, 0.5) is 4.79 Å². The molecule has 0 radical (unpaired) electrons. The molecule has 1 N–H and O–H groups in total. The standard InChI is InChI=1S/C19H37NO4/c1-6-7-8-9-10-11-12-13-14-15-24-17(21)16(19(2,3)4)20-18(22)23-5/h16H,6-15H2,1-5H3,(H,20,22). The average molecular weight is 344 g/mol. The van der Waals surface area contributed by atoms with Crippen molar-refractivity contribution in [2.75, 3.05) is 13.7 Å². The fourth-order valence-electron chi connectivity index (χ4n) is 2.47. The quantitative estimate of drug-likeness (QED) is 0.407. The van der Waals surface area contributed by atoms with Crippen molar-refractivity contribution >= 4 is 12.1 Å². The second-order valence-corrected chi connectivity index (χ2v) is 7.43. The molecule has 24 heavy (non-hydrogen) atoms. The third-order valence-electron chi connectivity index (χ3n) is 4.04. The second kappa shape index (κ2) is 13.1. The largest absolute Gasteiger partial charge is 0.464 e. The molecule has 0 fully saturated rings. The molecule has 1 unspecified atom stereocenters. The first-order chi connectivity index (χ1) is 11.3. The number of unbranched alkanes of at least 4 members (excludes halogenated alkanes) is 8. The fraction of sp³-hybridized carbons (Fsp3) is 0.895. The number of hydrogen-bond acceptors (Lipinski definition) is 4. The minimum absolute atomic E-state index is 0.396. The highest BCUT2D eigenvalue weighted by atomic mass is 16.5. The Labute approximate surface area is 147 Å². The van der Waals surface area contributed by atoms with Crippen LogP contribution in [0.5, 0.6) is 0 Å². The van der Waals surface area contributed by atoms with Crippen LogP contribution in [0.15, 0.2) is 0 Å². The van der Waals surface area contributed by atoms with Crippen LogP contribution in [0, 0.1) is 5.41 Å². The summed E-state index contributed by atoms with van der Waals surface area (Å²) in [6.07, 6.45) is 10.4. The molecule has 0 aliphatic carbocycles. The Morgan fingerprint density at radius 1 is 0.917 bits per heavy atom. The Morgan fingerprint density at radius 2 is 1.42 bits per heavy atom. The zero-order valence-electron chi connectivity index (χ0n) is 16.3. The number of esters is 1. The van der Waals surface area contributed by atoms with E-state index in [0.29, 0.717) is 6.61 Å². The number of carbonyl (C=O) groups excluding carboxylic acids is 2. The fourth-order valence-corrected chi connectivity index (χ4v) is 2.47. The van der Waals surface area contributed by atoms with E-state index in [0.717, 1.165) is 12.8 Å². The normalized spacial score (nSPS) is 12.5. The lowest BCUT2D eigenvalue weighted by Gasteiger charge is -2.28. The zero-order chi connectivity index (χ0) is 18.4. The van der Waals surface area contributed by atoms with E-state index in [-0.39, 0.29) is 0 Å². The van der Waals surface area contributed by atoms with Crippen molar-refractivity contribution in [3.8, 4) is 0 Å². The summed E-state index contributed by atoms with van der Waals surface area (Å²) >= 11 is 0. The van der Waals surface area contributed by atoms with Crippen LogP contribution in [-0.2, 0) is 14.3 Å². The molecule has 1 atom stereocenters. The van der Waals surface area contributed by atoms with E-state index in [1.54, 1.807) is 0 Å². The van der Waals surface area contributed by atoms with Crippen molar-refractivity contribution in [1.82, 2.24) is 5.32 Å². The summed E-state index contributed by atoms with van der Waals surface area (Å²) in [6, 6.07) is -0.705. The van der Waals surface area contributed by atoms with Gasteiger partial charge in [0.2, 0.25) is 0 Å². The van der Waals surface area contributed by atoms with Crippen LogP contribution in [0.1, 0.15) is 85.5 Å². The Morgan fingerprint density at radius 3 is 1.88 bits per heavy atom. The van der Waals surface area contributed by atoms with E-state index in [1.807, 2.05) is 20.8 Å². The number of alkyl carbamates (subject to hydrolysis) is 1. The number of nitrogens with one attached hydrogen (secondary N) is 1. The summed E-state index contributed by atoms with van der Waals surface area (Å²) in [4.78, 5) is 23.6. The molecule has 0 aliphatic heterocycles. The molecule has 1 amide bonds. The van der Waals surface area contributed by atoms with Crippen LogP contribution in [-0.4, -0.2) is 31.8 Å². The van der Waals surface area contributed by atoms with Gasteiger partial charge in [0.05, 0.1) is 13.7 Å². The first-order valence-corrected chi connectivity index (χ1v) is 9.34. The van der Waals surface area contributed by atoms with Gasteiger partial charge in [-0.15, -0.1) is 0 Å². The molecule has 0 aromatic carbocycles. The topological polar surface area (TPSA) is 64.6 Å². The summed E-state index contributed by atoms with van der Waals surface area (Å²) in [5, 5.41) is 2.56. The van der Waals surface area contributed by atoms with Gasteiger partial charge in [-0.25, -0.2) is 9.59 Å². The second-order valence-electron chi connectivity index (χ2n) is 7.43. The summed E-state index contributed by atoms with van der Waals surface area (Å²) < 4.78 is 9.90. The maximum absolute atomic E-state index is 12.2. The smallest absolute Gasteiger partial charge is 0.407 e. The number of hydrogen-bond donors (Lipinski definition) is 1. The highest BCUT2D eigenvalue weighted by molar-refractivity contribution is 5.82. The molecule has 0 saturated carbocycles. The lowest BCUT2D eigenvalue weighted by Crippen LogP contribution is -2.49. The van der Waals surface area contributed by atoms with Crippen molar-refractivity contribution in [2.24, 2.45) is 5.41 Å². The first kappa shape index (κ1) is 22.7. The van der Waals surface area contributed by atoms with Crippen LogP contribution in [0.25, 0.3) is 0 Å². The molecule has 0 saturated heterocycles. The Bertz CT molecular complexity index is 350. The molecule has 0 aromatic rings. The van der Waals surface area contributed by atoms with Gasteiger partial charge >= 0.3 is 12.1 Å². The monoisotopic (exact) mass is 343 g/mol. The Kier molecular flexibility index (Phi) is 12.4. The Balaban J connectivity index is 3.87. The SMILES string of the molecule is CCCCCCCCCCCOC(=O)C(NC(=O)OC)C(C)(C)C. The van der Waals surface area contributed by atoms with E-state index in [4.69, 9.17) is 4.74 Å². The summed E-state index contributed by atoms with van der Waals surface area (Å²) in [6.45, 7) is 8.28. The van der Waals surface area contributed by atoms with E-state index in [2.05, 4.69) is 17.0 Å². The maximum Gasteiger partial charge on any atom is 0.407 e. The number of ether oxygens (including phenoxy) is 2. The van der Waals surface area contributed by atoms with Crippen LogP contribution >= 0.6 is 0 Å². The van der Waals surface area contributed by atoms with E-state index in [1.165, 1.54) is 52.1 Å². The van der Waals surface area contributed by atoms with Gasteiger partial charge in [0.1, 0.15) is 6.04 Å². The number of rotatable bonds is 12. The summed E-state index contributed by atoms with van der Waals surface area (Å²) in [5.74, 6) is -0.396. The molecular formula is C19H37NO4. The minimum atomic E-state index is -0.705. The van der Waals surface area contributed by atoms with E-state index >= 15 is 0 Å². The molecule has 0 spiro atoms. The minimum Gasteiger partial charge on any atom is -0.464 e. The van der Waals surface area contributed by atoms with Crippen LogP contribution < -0.4 is 5.32 Å². The van der Waals surface area contributed by atoms with E-state index < -0.39 is 23.5 Å². The van der Waals surface area contributed by atoms with Crippen molar-refractivity contribution in [3.05, 3.63) is 0 Å². The third-order valence-corrected chi connectivity index (χ3v) is 4.04. The lowest BCUT2D eigenvalue weighted by molar-refractivity contribution is -0.149. The van der Waals surface area contributed by atoms with Gasteiger partial charge in [0.15, 0.2) is 0 Å². The molecule has 5 heteroatoms. The van der Waals surface area contributed by atoms with Crippen LogP contribution in [0.2, 0.25) is 0 Å². The predicted octanol–water partition coefficient (Wildman–Crippen LogP) is 4.83. The van der Waals surface area contributed by atoms with Gasteiger partial charge in [-0.1, -0.05) is 79.1 Å². The molecule has 0 aromatic heterocycles. The molecule has 0 bridgehead atoms. The average Bonchev–Trinajstić information content (AvgIpc) is 2.52. The molecule has 0 rings (SSSR count). The zero-order valence-corrected chi connectivity index (χ0v) is 16.3. The first-order valence-electron chi connectivity index (χ1n) is 9.34. The highest BCUT2D eigenvalue weighted by Gasteiger charge is 2.34. The van der Waals surface area contributed by atoms with Gasteiger partial charge in [-0.05, 0) is 11.8 Å². The number of methoxy groups -OCH3 is 1. The predicted molar refractivity (Wildman–Crippen MR) is 97.0 cm³/mol. The van der Waals surface area contributed by atoms with Gasteiger partial charge in [-0.2, -0.15) is 0 Å².